The maximum absolute atomic E-state index is 12.6. The summed E-state index contributed by atoms with van der Waals surface area (Å²) in [5.41, 5.74) is 4.63. The third-order valence-corrected chi connectivity index (χ3v) is 8.43. The summed E-state index contributed by atoms with van der Waals surface area (Å²) in [6.45, 7) is 4.54. The van der Waals surface area contributed by atoms with E-state index < -0.39 is 44.2 Å². The van der Waals surface area contributed by atoms with Crippen molar-refractivity contribution in [1.29, 1.82) is 0 Å². The highest BCUT2D eigenvalue weighted by atomic mass is 127. The van der Waals surface area contributed by atoms with Gasteiger partial charge in [0.2, 0.25) is 17.6 Å². The first-order valence-corrected chi connectivity index (χ1v) is 15.3. The Labute approximate surface area is 259 Å². The predicted molar refractivity (Wildman–Crippen MR) is 161 cm³/mol. The maximum Gasteiger partial charge on any atom is 0.395 e. The van der Waals surface area contributed by atoms with Crippen LogP contribution >= 0.6 is 30.8 Å². The molecule has 1 fully saturated rings. The lowest BCUT2D eigenvalue weighted by Gasteiger charge is -2.27. The molecule has 1 saturated heterocycles. The summed E-state index contributed by atoms with van der Waals surface area (Å²) in [6, 6.07) is 9.18. The highest BCUT2D eigenvalue weighted by Gasteiger charge is 2.54. The van der Waals surface area contributed by atoms with Crippen LogP contribution in [0.5, 0.6) is 17.4 Å². The van der Waals surface area contributed by atoms with Crippen LogP contribution in [0, 0.1) is 3.83 Å². The van der Waals surface area contributed by atoms with Crippen LogP contribution in [0.1, 0.15) is 27.0 Å². The van der Waals surface area contributed by atoms with Crippen molar-refractivity contribution in [3.8, 4) is 17.4 Å². The van der Waals surface area contributed by atoms with Gasteiger partial charge in [0.1, 0.15) is 24.4 Å². The fraction of sp³-hybridized carbons (Fsp3) is 0.385. The average Bonchev–Trinajstić information content (AvgIpc) is 3.39. The number of fused-ring (bicyclic) bond motifs is 2. The number of ether oxygens (including phenoxy) is 3. The van der Waals surface area contributed by atoms with Gasteiger partial charge in [-0.25, -0.2) is 9.78 Å². The van der Waals surface area contributed by atoms with Gasteiger partial charge in [0, 0.05) is 28.0 Å². The molecule has 2 aromatic carbocycles. The summed E-state index contributed by atoms with van der Waals surface area (Å²) in [4.78, 5) is 36.7. The molecular weight excluding hydrogens is 698 g/mol. The maximum atomic E-state index is 12.6. The average molecular weight is 726 g/mol. The second kappa shape index (κ2) is 12.3. The molecule has 2 aromatic heterocycles. The van der Waals surface area contributed by atoms with Crippen LogP contribution in [0.25, 0.3) is 21.9 Å². The van der Waals surface area contributed by atoms with Gasteiger partial charge in [0.25, 0.3) is 0 Å². The first-order chi connectivity index (χ1) is 20.4. The Hall–Kier alpha value is -3.41. The summed E-state index contributed by atoms with van der Waals surface area (Å²) in [6.07, 6.45) is -3.64. The Morgan fingerprint density at radius 1 is 1.28 bits per heavy atom. The van der Waals surface area contributed by atoms with E-state index in [2.05, 4.69) is 19.7 Å². The van der Waals surface area contributed by atoms with Gasteiger partial charge in [-0.2, -0.15) is 9.97 Å². The van der Waals surface area contributed by atoms with E-state index in [-0.39, 0.29) is 35.6 Å². The van der Waals surface area contributed by atoms with Crippen LogP contribution in [0.15, 0.2) is 41.1 Å². The molecule has 4 aromatic rings. The number of imidazole rings is 1. The second-order valence-electron chi connectivity index (χ2n) is 9.82. The number of benzene rings is 2. The van der Waals surface area contributed by atoms with Gasteiger partial charge in [0.15, 0.2) is 33.0 Å². The van der Waals surface area contributed by atoms with Gasteiger partial charge < -0.3 is 40.2 Å². The van der Waals surface area contributed by atoms with E-state index in [4.69, 9.17) is 29.6 Å². The Morgan fingerprint density at radius 3 is 2.74 bits per heavy atom. The lowest BCUT2D eigenvalue weighted by molar-refractivity contribution is -0.169. The molecule has 5 rings (SSSR count). The molecule has 1 aliphatic rings. The summed E-state index contributed by atoms with van der Waals surface area (Å²) in [5.74, 6) is -0.936. The quantitative estimate of drug-likeness (QED) is 0.105. The van der Waals surface area contributed by atoms with Crippen LogP contribution < -0.4 is 24.6 Å². The monoisotopic (exact) mass is 726 g/mol. The number of nitrogens with two attached hydrogens (primary N) is 1. The van der Waals surface area contributed by atoms with Crippen LogP contribution in [0.2, 0.25) is 0 Å². The van der Waals surface area contributed by atoms with Gasteiger partial charge in [-0.1, -0.05) is 35.1 Å². The number of nitrogen functional groups attached to an aromatic ring is 1. The number of rotatable bonds is 10. The summed E-state index contributed by atoms with van der Waals surface area (Å²) < 4.78 is 28.9. The van der Waals surface area contributed by atoms with Crippen LogP contribution in [0.3, 0.4) is 0 Å². The Morgan fingerprint density at radius 2 is 2.02 bits per heavy atom. The van der Waals surface area contributed by atoms with Crippen molar-refractivity contribution in [3.63, 3.8) is 0 Å². The van der Waals surface area contributed by atoms with Crippen LogP contribution in [-0.2, 0) is 9.53 Å². The van der Waals surface area contributed by atoms with Crippen molar-refractivity contribution in [2.45, 2.75) is 50.8 Å². The molecule has 3 heterocycles. The van der Waals surface area contributed by atoms with Gasteiger partial charge in [0.05, 0.1) is 6.61 Å². The highest BCUT2D eigenvalue weighted by Crippen LogP contribution is 2.43. The number of anilines is 1. The normalized spacial score (nSPS) is 23.0. The van der Waals surface area contributed by atoms with Gasteiger partial charge in [-0.05, 0) is 32.2 Å². The zero-order chi connectivity index (χ0) is 31.1. The summed E-state index contributed by atoms with van der Waals surface area (Å²) in [5, 5.41) is 33.0. The lowest BCUT2D eigenvalue weighted by atomic mass is 9.96. The smallest absolute Gasteiger partial charge is 0.395 e. The fourth-order valence-corrected chi connectivity index (χ4v) is 6.13. The van der Waals surface area contributed by atoms with Gasteiger partial charge in [-0.15, -0.1) is 0 Å². The lowest BCUT2D eigenvalue weighted by Crippen LogP contribution is -2.45. The summed E-state index contributed by atoms with van der Waals surface area (Å²) in [7, 11) is -2.77. The van der Waals surface area contributed by atoms with Crippen molar-refractivity contribution in [2.24, 2.45) is 4.74 Å². The highest BCUT2D eigenvalue weighted by molar-refractivity contribution is 14.1. The molecule has 0 spiro atoms. The Kier molecular flexibility index (Phi) is 8.87. The topological polar surface area (TPSA) is 220 Å². The van der Waals surface area contributed by atoms with E-state index in [1.165, 1.54) is 18.4 Å². The van der Waals surface area contributed by atoms with Gasteiger partial charge in [-0.3, -0.25) is 9.09 Å². The molecule has 1 aliphatic heterocycles. The largest absolute Gasteiger partial charge is 0.575 e. The van der Waals surface area contributed by atoms with Crippen LogP contribution in [0.4, 0.5) is 5.95 Å². The van der Waals surface area contributed by atoms with E-state index in [0.29, 0.717) is 21.3 Å². The number of carbonyl (C=O) groups is 1. The molecule has 43 heavy (non-hydrogen) atoms. The number of carboxylic acid groups (broad SMARTS) is 1. The van der Waals surface area contributed by atoms with E-state index in [9.17, 15) is 19.9 Å². The van der Waals surface area contributed by atoms with Crippen LogP contribution in [-0.4, -0.2) is 77.9 Å². The first kappa shape index (κ1) is 31.0. The number of hydrogen-bond acceptors (Lipinski definition) is 13. The van der Waals surface area contributed by atoms with E-state index >= 15 is 0 Å². The molecule has 17 heteroatoms. The third-order valence-electron chi connectivity index (χ3n) is 6.79. The number of aromatic nitrogens is 4. The molecule has 0 radical (unpaired) electrons. The standard InChI is InChI=1S/C26H28IN6O9P/c1-4-39-21-17-20(30-25(28)31-21)33(24(27)29-17)23-26(3,37)19(34)16(41-23)11-40-15-10-9-13-7-5-6-8-14(13)18(15)42-43(38)32-12(2)22(35)36/h5-10,12,16,19,23,34,37H,4,11H2,1-3H3,(H,35,36)(H2,28,30,31)/t12?,16-,19-,23?,26-/m1/s1. The molecule has 0 amide bonds. The minimum absolute atomic E-state index is 0.0711. The number of halogens is 1. The molecule has 0 bridgehead atoms. The number of aliphatic carboxylic acids is 1. The SMILES string of the molecule is CCOc1nc(N)nc2c1nc(I)n2C1O[C@H](COc2ccc3ccccc3c2O/[P+]([O-])=N/C(C)C(=O)O)[C@@H](O)[C@@]1(C)O. The minimum atomic E-state index is -2.77. The number of nitrogens with zero attached hydrogens (tertiary/aromatic N) is 5. The van der Waals surface area contributed by atoms with Crippen molar-refractivity contribution >= 4 is 64.6 Å². The fourth-order valence-electron chi connectivity index (χ4n) is 4.63. The molecule has 0 saturated carbocycles. The van der Waals surface area contributed by atoms with E-state index in [1.54, 1.807) is 31.2 Å². The number of aliphatic hydroxyl groups excluding tert-OH is 1. The number of carboxylic acids is 1. The van der Waals surface area contributed by atoms with Crippen molar-refractivity contribution in [2.75, 3.05) is 18.9 Å². The zero-order valence-corrected chi connectivity index (χ0v) is 26.2. The Balaban J connectivity index is 1.45. The summed E-state index contributed by atoms with van der Waals surface area (Å²) >= 11 is 1.95. The predicted octanol–water partition coefficient (Wildman–Crippen LogP) is 2.36. The molecule has 15 nitrogen and oxygen atoms in total. The second-order valence-corrected chi connectivity index (χ2v) is 11.7. The zero-order valence-electron chi connectivity index (χ0n) is 23.1. The molecule has 228 valence electrons. The molecular formula is C26H28IN6O9P. The van der Waals surface area contributed by atoms with Crippen molar-refractivity contribution in [3.05, 3.63) is 40.2 Å². The molecule has 6 atom stereocenters. The number of hydrogen-bond donors (Lipinski definition) is 4. The first-order valence-electron chi connectivity index (χ1n) is 13.0. The third kappa shape index (κ3) is 6.03. The van der Waals surface area contributed by atoms with Gasteiger partial charge >= 0.3 is 14.1 Å². The van der Waals surface area contributed by atoms with Crippen molar-refractivity contribution in [1.82, 2.24) is 19.5 Å². The molecule has 3 unspecified atom stereocenters. The molecule has 0 aliphatic carbocycles. The van der Waals surface area contributed by atoms with E-state index in [1.807, 2.05) is 34.7 Å². The number of aliphatic hydroxyl groups is 2. The van der Waals surface area contributed by atoms with E-state index in [0.717, 1.165) is 5.39 Å². The molecule has 5 N–H and O–H groups in total. The minimum Gasteiger partial charge on any atom is -0.575 e. The Bertz CT molecular complexity index is 1720. The van der Waals surface area contributed by atoms with Crippen molar-refractivity contribution < 1.29 is 43.7 Å².